The number of halogens is 2. The predicted molar refractivity (Wildman–Crippen MR) is 200 cm³/mol. The average molecular weight is 725 g/mol. The molecule has 2 atom stereocenters. The number of nitrogens with one attached hydrogen (secondary N) is 1. The maximum absolute atomic E-state index is 16.7. The van der Waals surface area contributed by atoms with Crippen molar-refractivity contribution in [3.63, 3.8) is 0 Å². The number of fused-ring (bicyclic) bond motifs is 4. The van der Waals surface area contributed by atoms with Crippen LogP contribution in [-0.2, 0) is 10.3 Å². The summed E-state index contributed by atoms with van der Waals surface area (Å²) >= 11 is 1.33. The van der Waals surface area contributed by atoms with E-state index in [0.717, 1.165) is 48.6 Å². The van der Waals surface area contributed by atoms with Gasteiger partial charge < -0.3 is 15.0 Å². The zero-order chi connectivity index (χ0) is 36.1. The van der Waals surface area contributed by atoms with Gasteiger partial charge in [0, 0.05) is 12.2 Å². The van der Waals surface area contributed by atoms with Crippen LogP contribution in [0.4, 0.5) is 14.6 Å². The number of anilines is 1. The van der Waals surface area contributed by atoms with Crippen LogP contribution in [0.25, 0.3) is 33.1 Å². The second-order valence-electron chi connectivity index (χ2n) is 13.8. The quantitative estimate of drug-likeness (QED) is 0.143. The molecular formula is C42H34F2N6O2S. The number of hydrogen-bond acceptors (Lipinski definition) is 7. The number of hydrogen-bond donors (Lipinski definition) is 2. The van der Waals surface area contributed by atoms with Crippen molar-refractivity contribution in [1.82, 2.24) is 24.5 Å². The van der Waals surface area contributed by atoms with Crippen LogP contribution in [0.5, 0.6) is 0 Å². The lowest BCUT2D eigenvalue weighted by Gasteiger charge is -2.47. The van der Waals surface area contributed by atoms with Gasteiger partial charge in [-0.1, -0.05) is 97.1 Å². The number of aliphatic carboxylic acids is 1. The molecule has 7 aromatic rings. The van der Waals surface area contributed by atoms with Crippen molar-refractivity contribution >= 4 is 34.3 Å². The lowest BCUT2D eigenvalue weighted by atomic mass is 9.61. The Balaban J connectivity index is 1.31. The Kier molecular flexibility index (Phi) is 8.30. The largest absolute Gasteiger partial charge is 0.481 e. The Morgan fingerprint density at radius 2 is 1.40 bits per heavy atom. The van der Waals surface area contributed by atoms with Gasteiger partial charge in [-0.3, -0.25) is 4.79 Å². The van der Waals surface area contributed by atoms with Crippen LogP contribution in [0.3, 0.4) is 0 Å². The fraction of sp³-hybridized carbons (Fsp3) is 0.214. The molecule has 11 heteroatoms. The predicted octanol–water partition coefficient (Wildman–Crippen LogP) is 9.04. The summed E-state index contributed by atoms with van der Waals surface area (Å²) < 4.78 is 33.9. The van der Waals surface area contributed by atoms with Crippen molar-refractivity contribution < 1.29 is 18.7 Å². The van der Waals surface area contributed by atoms with Gasteiger partial charge in [-0.05, 0) is 65.7 Å². The monoisotopic (exact) mass is 724 g/mol. The highest BCUT2D eigenvalue weighted by molar-refractivity contribution is 7.13. The molecule has 0 aliphatic heterocycles. The molecule has 3 aromatic carbocycles. The smallest absolute Gasteiger partial charge is 0.308 e. The summed E-state index contributed by atoms with van der Waals surface area (Å²) in [7, 11) is 0. The second-order valence-corrected chi connectivity index (χ2v) is 14.8. The van der Waals surface area contributed by atoms with E-state index in [0.29, 0.717) is 16.1 Å². The zero-order valence-corrected chi connectivity index (χ0v) is 29.3. The number of thiophene rings is 1. The fourth-order valence-electron chi connectivity index (χ4n) is 8.75. The van der Waals surface area contributed by atoms with Crippen molar-refractivity contribution in [2.75, 3.05) is 5.32 Å². The molecule has 2 N–H and O–H groups in total. The zero-order valence-electron chi connectivity index (χ0n) is 28.4. The van der Waals surface area contributed by atoms with Crippen LogP contribution in [-0.4, -0.2) is 41.6 Å². The molecule has 4 aromatic heterocycles. The summed E-state index contributed by atoms with van der Waals surface area (Å²) in [6.07, 6.45) is 6.34. The molecule has 264 valence electrons. The van der Waals surface area contributed by atoms with Gasteiger partial charge in [0.05, 0.1) is 22.6 Å². The fourth-order valence-corrected chi connectivity index (χ4v) is 9.46. The number of rotatable bonds is 9. The summed E-state index contributed by atoms with van der Waals surface area (Å²) in [4.78, 5) is 31.8. The first-order valence-electron chi connectivity index (χ1n) is 17.7. The van der Waals surface area contributed by atoms with E-state index < -0.39 is 35.2 Å². The van der Waals surface area contributed by atoms with Crippen molar-refractivity contribution in [2.45, 2.75) is 37.3 Å². The minimum absolute atomic E-state index is 0.00874. The van der Waals surface area contributed by atoms with E-state index in [1.807, 2.05) is 113 Å². The van der Waals surface area contributed by atoms with Gasteiger partial charge in [-0.25, -0.2) is 24.3 Å². The van der Waals surface area contributed by atoms with Crippen LogP contribution in [0.2, 0.25) is 0 Å². The van der Waals surface area contributed by atoms with Gasteiger partial charge in [-0.15, -0.1) is 11.3 Å². The Bertz CT molecular complexity index is 2320. The molecule has 2 bridgehead atoms. The lowest BCUT2D eigenvalue weighted by molar-refractivity contribution is -0.148. The highest BCUT2D eigenvalue weighted by Crippen LogP contribution is 2.48. The van der Waals surface area contributed by atoms with Crippen LogP contribution in [0.15, 0.2) is 121 Å². The van der Waals surface area contributed by atoms with E-state index in [9.17, 15) is 9.90 Å². The third-order valence-electron chi connectivity index (χ3n) is 11.1. The first-order chi connectivity index (χ1) is 25.9. The standard InChI is InChI=1S/C42H34F2N6O2S/c43-32-23-45-40-36(46-32)30(24-50(40)42(27-11-4-1-5-12-27,28-13-6-2-7-14-28)29-15-8-3-9-16-29)38-48-37(31-17-10-22-53-31)34(44)39(49-38)47-35-26-20-18-25(19-21-26)33(35)41(51)52/h1-17,22-26,33,35H,18-21H2,(H,51,52)(H,47,48,49)/t25?,26?,33-,35-/m0/s1. The SMILES string of the molecule is O=C(O)[C@H]1C2CCC(CC2)[C@@H]1Nc1nc(-c2cn(C(c3ccccc3)(c3ccccc3)c3ccccc3)c3ncc(F)nc23)nc(-c2cccs2)c1F. The van der Waals surface area contributed by atoms with Gasteiger partial charge in [-0.2, -0.15) is 4.39 Å². The highest BCUT2D eigenvalue weighted by Gasteiger charge is 2.48. The number of carbonyl (C=O) groups is 1. The summed E-state index contributed by atoms with van der Waals surface area (Å²) in [5.41, 5.74) is 2.70. The van der Waals surface area contributed by atoms with Gasteiger partial charge in [0.1, 0.15) is 16.7 Å². The Hall–Kier alpha value is -5.81. The maximum atomic E-state index is 16.7. The van der Waals surface area contributed by atoms with E-state index >= 15 is 8.78 Å². The Morgan fingerprint density at radius 1 is 0.792 bits per heavy atom. The first kappa shape index (κ1) is 33.1. The Morgan fingerprint density at radius 3 is 1.96 bits per heavy atom. The summed E-state index contributed by atoms with van der Waals surface area (Å²) in [6.45, 7) is 0. The molecule has 8 nitrogen and oxygen atoms in total. The minimum atomic E-state index is -1.03. The van der Waals surface area contributed by atoms with Crippen molar-refractivity contribution in [1.29, 1.82) is 0 Å². The second kappa shape index (κ2) is 13.3. The van der Waals surface area contributed by atoms with Crippen LogP contribution in [0.1, 0.15) is 42.4 Å². The molecule has 0 saturated heterocycles. The molecule has 3 aliphatic rings. The molecule has 3 fully saturated rings. The normalized spacial score (nSPS) is 19.7. The number of carboxylic acid groups (broad SMARTS) is 1. The molecule has 10 rings (SSSR count). The summed E-state index contributed by atoms with van der Waals surface area (Å²) in [6, 6.07) is 33.1. The number of nitrogens with zero attached hydrogens (tertiary/aromatic N) is 5. The summed E-state index contributed by atoms with van der Waals surface area (Å²) in [5.74, 6) is -2.93. The van der Waals surface area contributed by atoms with Gasteiger partial charge in [0.2, 0.25) is 5.95 Å². The summed E-state index contributed by atoms with van der Waals surface area (Å²) in [5, 5.41) is 15.4. The van der Waals surface area contributed by atoms with E-state index in [1.165, 1.54) is 11.3 Å². The van der Waals surface area contributed by atoms with E-state index in [2.05, 4.69) is 15.3 Å². The maximum Gasteiger partial charge on any atom is 0.308 e. The molecule has 3 aliphatic carbocycles. The first-order valence-corrected chi connectivity index (χ1v) is 18.6. The number of benzene rings is 3. The van der Waals surface area contributed by atoms with Gasteiger partial charge >= 0.3 is 5.97 Å². The van der Waals surface area contributed by atoms with E-state index in [4.69, 9.17) is 9.97 Å². The van der Waals surface area contributed by atoms with Gasteiger partial charge in [0.25, 0.3) is 0 Å². The third-order valence-corrected chi connectivity index (χ3v) is 11.9. The molecule has 0 spiro atoms. The highest BCUT2D eigenvalue weighted by atomic mass is 32.1. The Labute approximate surface area is 308 Å². The van der Waals surface area contributed by atoms with Crippen LogP contribution < -0.4 is 5.32 Å². The third kappa shape index (κ3) is 5.49. The molecule has 3 saturated carbocycles. The molecule has 0 unspecified atom stereocenters. The molecular weight excluding hydrogens is 691 g/mol. The van der Waals surface area contributed by atoms with Crippen molar-refractivity contribution in [3.8, 4) is 22.0 Å². The molecule has 53 heavy (non-hydrogen) atoms. The topological polar surface area (TPSA) is 106 Å². The molecule has 4 heterocycles. The van der Waals surface area contributed by atoms with Crippen molar-refractivity contribution in [3.05, 3.63) is 149 Å². The lowest BCUT2D eigenvalue weighted by Crippen LogP contribution is -2.51. The average Bonchev–Trinajstić information content (AvgIpc) is 3.87. The minimum Gasteiger partial charge on any atom is -0.481 e. The van der Waals surface area contributed by atoms with Crippen LogP contribution in [0, 0.1) is 29.5 Å². The van der Waals surface area contributed by atoms with Crippen LogP contribution >= 0.6 is 11.3 Å². The van der Waals surface area contributed by atoms with E-state index in [-0.39, 0.29) is 34.7 Å². The molecule has 0 amide bonds. The number of aromatic nitrogens is 5. The van der Waals surface area contributed by atoms with E-state index in [1.54, 1.807) is 6.07 Å². The van der Waals surface area contributed by atoms with Crippen molar-refractivity contribution in [2.24, 2.45) is 17.8 Å². The number of carboxylic acids is 1. The molecule has 0 radical (unpaired) electrons. The van der Waals surface area contributed by atoms with Gasteiger partial charge in [0.15, 0.2) is 23.1 Å².